The van der Waals surface area contributed by atoms with Crippen LogP contribution in [-0.2, 0) is 6.54 Å². The minimum atomic E-state index is -0.0847. The van der Waals surface area contributed by atoms with Crippen LogP contribution in [0.4, 0.5) is 5.69 Å². The second kappa shape index (κ2) is 8.10. The van der Waals surface area contributed by atoms with Gasteiger partial charge in [-0.05, 0) is 54.8 Å². The number of benzene rings is 2. The Morgan fingerprint density at radius 1 is 1.10 bits per heavy atom. The van der Waals surface area contributed by atoms with Crippen molar-refractivity contribution in [1.29, 1.82) is 0 Å². The Balaban J connectivity index is 1.59. The van der Waals surface area contributed by atoms with E-state index in [0.717, 1.165) is 22.4 Å². The summed E-state index contributed by atoms with van der Waals surface area (Å²) in [5.74, 6) is 1.18. The standard InChI is InChI=1S/C24H20N4O2/c1-17-5-4-6-21(11-17)28-14-18(2)19(12-23(28)29)15-27-16-26-13-24(27)30-22-9-7-20(25-3)8-10-22/h4-14,16H,15H2,1-2H3. The number of nitrogens with zero attached hydrogens (tertiary/aromatic N) is 4. The summed E-state index contributed by atoms with van der Waals surface area (Å²) in [5.41, 5.74) is 4.32. The highest BCUT2D eigenvalue weighted by molar-refractivity contribution is 5.47. The van der Waals surface area contributed by atoms with E-state index in [2.05, 4.69) is 9.83 Å². The Bertz CT molecular complexity index is 1290. The topological polar surface area (TPSA) is 53.4 Å². The molecule has 30 heavy (non-hydrogen) atoms. The number of pyridine rings is 1. The van der Waals surface area contributed by atoms with Crippen molar-refractivity contribution in [3.05, 3.63) is 112 Å². The minimum Gasteiger partial charge on any atom is -0.439 e. The molecule has 2 aromatic heterocycles. The number of ether oxygens (including phenoxy) is 1. The second-order valence-electron chi connectivity index (χ2n) is 7.10. The van der Waals surface area contributed by atoms with Gasteiger partial charge in [0.2, 0.25) is 5.88 Å². The average Bonchev–Trinajstić information content (AvgIpc) is 3.17. The lowest BCUT2D eigenvalue weighted by Gasteiger charge is -2.13. The third-order valence-electron chi connectivity index (χ3n) is 4.85. The summed E-state index contributed by atoms with van der Waals surface area (Å²) in [5, 5.41) is 0. The molecule has 0 fully saturated rings. The van der Waals surface area contributed by atoms with Gasteiger partial charge in [0.15, 0.2) is 5.69 Å². The van der Waals surface area contributed by atoms with Gasteiger partial charge in [0.1, 0.15) is 5.75 Å². The van der Waals surface area contributed by atoms with Crippen molar-refractivity contribution in [1.82, 2.24) is 14.1 Å². The Morgan fingerprint density at radius 2 is 1.90 bits per heavy atom. The summed E-state index contributed by atoms with van der Waals surface area (Å²) in [6.07, 6.45) is 5.17. The summed E-state index contributed by atoms with van der Waals surface area (Å²) >= 11 is 0. The van der Waals surface area contributed by atoms with Crippen molar-refractivity contribution >= 4 is 5.69 Å². The van der Waals surface area contributed by atoms with Gasteiger partial charge >= 0.3 is 0 Å². The average molecular weight is 396 g/mol. The third kappa shape index (κ3) is 4.01. The van der Waals surface area contributed by atoms with Gasteiger partial charge in [0, 0.05) is 18.0 Å². The van der Waals surface area contributed by atoms with Crippen molar-refractivity contribution in [2.24, 2.45) is 0 Å². The lowest BCUT2D eigenvalue weighted by Crippen LogP contribution is -2.19. The number of hydrogen-bond donors (Lipinski definition) is 0. The lowest BCUT2D eigenvalue weighted by molar-refractivity contribution is 0.436. The number of aromatic nitrogens is 3. The largest absolute Gasteiger partial charge is 0.439 e. The molecular formula is C24H20N4O2. The van der Waals surface area contributed by atoms with Crippen LogP contribution in [-0.4, -0.2) is 14.1 Å². The Morgan fingerprint density at radius 3 is 2.63 bits per heavy atom. The fourth-order valence-electron chi connectivity index (χ4n) is 3.23. The van der Waals surface area contributed by atoms with Crippen LogP contribution in [0, 0.1) is 20.4 Å². The maximum Gasteiger partial charge on any atom is 0.255 e. The predicted octanol–water partition coefficient (Wildman–Crippen LogP) is 5.04. The van der Waals surface area contributed by atoms with E-state index in [1.165, 1.54) is 0 Å². The van der Waals surface area contributed by atoms with Crippen LogP contribution in [0.5, 0.6) is 11.6 Å². The molecule has 0 radical (unpaired) electrons. The highest BCUT2D eigenvalue weighted by atomic mass is 16.5. The molecule has 0 saturated carbocycles. The quantitative estimate of drug-likeness (QED) is 0.444. The molecule has 0 saturated heterocycles. The van der Waals surface area contributed by atoms with E-state index < -0.39 is 0 Å². The van der Waals surface area contributed by atoms with Crippen molar-refractivity contribution in [3.8, 4) is 17.3 Å². The SMILES string of the molecule is [C-]#[N+]c1ccc(Oc2cncn2Cc2cc(=O)n(-c3cccc(C)c3)cc2C)cc1. The van der Waals surface area contributed by atoms with Gasteiger partial charge in [0.25, 0.3) is 5.56 Å². The summed E-state index contributed by atoms with van der Waals surface area (Å²) in [7, 11) is 0. The lowest BCUT2D eigenvalue weighted by atomic mass is 10.1. The first-order chi connectivity index (χ1) is 14.5. The van der Waals surface area contributed by atoms with E-state index in [1.54, 1.807) is 47.4 Å². The van der Waals surface area contributed by atoms with Crippen LogP contribution in [0.3, 0.4) is 0 Å². The molecule has 4 aromatic rings. The molecule has 0 spiro atoms. The van der Waals surface area contributed by atoms with Gasteiger partial charge < -0.3 is 4.74 Å². The van der Waals surface area contributed by atoms with Crippen molar-refractivity contribution < 1.29 is 4.74 Å². The molecule has 0 aliphatic carbocycles. The van der Waals surface area contributed by atoms with Crippen LogP contribution < -0.4 is 10.3 Å². The smallest absolute Gasteiger partial charge is 0.255 e. The van der Waals surface area contributed by atoms with E-state index in [4.69, 9.17) is 11.3 Å². The molecule has 0 N–H and O–H groups in total. The zero-order chi connectivity index (χ0) is 21.1. The summed E-state index contributed by atoms with van der Waals surface area (Å²) in [6, 6.07) is 16.4. The molecule has 0 unspecified atom stereocenters. The van der Waals surface area contributed by atoms with Crippen LogP contribution in [0.1, 0.15) is 16.7 Å². The second-order valence-corrected chi connectivity index (χ2v) is 7.10. The van der Waals surface area contributed by atoms with Gasteiger partial charge in [-0.2, -0.15) is 0 Å². The molecule has 6 heteroatoms. The van der Waals surface area contributed by atoms with Crippen molar-refractivity contribution in [3.63, 3.8) is 0 Å². The molecule has 0 aliphatic rings. The van der Waals surface area contributed by atoms with Gasteiger partial charge in [-0.1, -0.05) is 24.3 Å². The van der Waals surface area contributed by atoms with Crippen LogP contribution in [0.25, 0.3) is 10.5 Å². The van der Waals surface area contributed by atoms with Gasteiger partial charge in [-0.25, -0.2) is 9.83 Å². The number of aryl methyl sites for hydroxylation is 2. The molecule has 2 heterocycles. The van der Waals surface area contributed by atoms with E-state index >= 15 is 0 Å². The van der Waals surface area contributed by atoms with E-state index in [1.807, 2.05) is 48.9 Å². The maximum atomic E-state index is 12.8. The van der Waals surface area contributed by atoms with E-state index in [0.29, 0.717) is 23.9 Å². The normalized spacial score (nSPS) is 10.6. The van der Waals surface area contributed by atoms with E-state index in [9.17, 15) is 4.79 Å². The molecule has 6 nitrogen and oxygen atoms in total. The van der Waals surface area contributed by atoms with Crippen LogP contribution >= 0.6 is 0 Å². The van der Waals surface area contributed by atoms with Gasteiger partial charge in [0.05, 0.1) is 25.6 Å². The van der Waals surface area contributed by atoms with Gasteiger partial charge in [-0.15, -0.1) is 0 Å². The number of rotatable bonds is 5. The first kappa shape index (κ1) is 19.2. The predicted molar refractivity (Wildman–Crippen MR) is 116 cm³/mol. The Kier molecular flexibility index (Phi) is 5.19. The van der Waals surface area contributed by atoms with E-state index in [-0.39, 0.29) is 5.56 Å². The third-order valence-corrected chi connectivity index (χ3v) is 4.85. The highest BCUT2D eigenvalue weighted by Crippen LogP contribution is 2.24. The Labute approximate surface area is 174 Å². The fraction of sp³-hybridized carbons (Fsp3) is 0.125. The molecule has 0 amide bonds. The molecular weight excluding hydrogens is 376 g/mol. The summed E-state index contributed by atoms with van der Waals surface area (Å²) in [6.45, 7) is 11.5. The number of imidazole rings is 1. The van der Waals surface area contributed by atoms with Crippen molar-refractivity contribution in [2.75, 3.05) is 0 Å². The molecule has 2 aromatic carbocycles. The van der Waals surface area contributed by atoms with Crippen LogP contribution in [0.2, 0.25) is 0 Å². The molecule has 4 rings (SSSR count). The summed E-state index contributed by atoms with van der Waals surface area (Å²) in [4.78, 5) is 20.3. The highest BCUT2D eigenvalue weighted by Gasteiger charge is 2.10. The minimum absolute atomic E-state index is 0.0847. The Hall–Kier alpha value is -4.11. The number of hydrogen-bond acceptors (Lipinski definition) is 3. The molecule has 0 bridgehead atoms. The maximum absolute atomic E-state index is 12.8. The zero-order valence-corrected chi connectivity index (χ0v) is 16.7. The molecule has 148 valence electrons. The monoisotopic (exact) mass is 396 g/mol. The molecule has 0 atom stereocenters. The fourth-order valence-corrected chi connectivity index (χ4v) is 3.23. The van der Waals surface area contributed by atoms with Gasteiger partial charge in [-0.3, -0.25) is 13.9 Å². The first-order valence-corrected chi connectivity index (χ1v) is 9.48. The van der Waals surface area contributed by atoms with Crippen LogP contribution in [0.15, 0.2) is 78.1 Å². The first-order valence-electron chi connectivity index (χ1n) is 9.48. The molecule has 0 aliphatic heterocycles. The van der Waals surface area contributed by atoms with Crippen molar-refractivity contribution in [2.45, 2.75) is 20.4 Å². The zero-order valence-electron chi connectivity index (χ0n) is 16.7. The summed E-state index contributed by atoms with van der Waals surface area (Å²) < 4.78 is 9.42.